The van der Waals surface area contributed by atoms with Gasteiger partial charge in [-0.2, -0.15) is 0 Å². The van der Waals surface area contributed by atoms with Gasteiger partial charge in [0.25, 0.3) is 0 Å². The van der Waals surface area contributed by atoms with Gasteiger partial charge in [-0.25, -0.2) is 0 Å². The maximum atomic E-state index is 2.57. The van der Waals surface area contributed by atoms with Gasteiger partial charge in [0.05, 0.1) is 8.07 Å². The number of rotatable bonds is 1. The average Bonchev–Trinajstić information content (AvgIpc) is 2.53. The highest BCUT2D eigenvalue weighted by atomic mass is 28.3. The molecule has 0 spiro atoms. The van der Waals surface area contributed by atoms with Gasteiger partial charge in [0, 0.05) is 0 Å². The van der Waals surface area contributed by atoms with E-state index in [0.717, 1.165) is 5.04 Å². The van der Waals surface area contributed by atoms with E-state index < -0.39 is 8.07 Å². The maximum Gasteiger partial charge on any atom is 0.0513 e. The summed E-state index contributed by atoms with van der Waals surface area (Å²) >= 11 is 0. The van der Waals surface area contributed by atoms with E-state index in [9.17, 15) is 0 Å². The Bertz CT molecular complexity index is 191. The van der Waals surface area contributed by atoms with Gasteiger partial charge in [-0.3, -0.25) is 0 Å². The van der Waals surface area contributed by atoms with Gasteiger partial charge in [0.2, 0.25) is 0 Å². The van der Waals surface area contributed by atoms with Crippen LogP contribution < -0.4 is 0 Å². The summed E-state index contributed by atoms with van der Waals surface area (Å²) < 4.78 is 0. The van der Waals surface area contributed by atoms with Crippen LogP contribution in [0.2, 0.25) is 24.7 Å². The van der Waals surface area contributed by atoms with Crippen LogP contribution in [0.25, 0.3) is 0 Å². The summed E-state index contributed by atoms with van der Waals surface area (Å²) in [5.74, 6) is 3.77. The summed E-state index contributed by atoms with van der Waals surface area (Å²) in [5.41, 5.74) is 0. The van der Waals surface area contributed by atoms with Crippen LogP contribution in [0.15, 0.2) is 0 Å². The quantitative estimate of drug-likeness (QED) is 0.507. The molecule has 0 aromatic carbocycles. The van der Waals surface area contributed by atoms with Crippen molar-refractivity contribution in [3.05, 3.63) is 0 Å². The Kier molecular flexibility index (Phi) is 0.671. The molecule has 0 saturated heterocycles. The minimum absolute atomic E-state index is 0.745. The first-order chi connectivity index (χ1) is 4.59. The van der Waals surface area contributed by atoms with Crippen molar-refractivity contribution in [2.45, 2.75) is 37.5 Å². The number of hydrogen-bond donors (Lipinski definition) is 0. The highest BCUT2D eigenvalue weighted by molar-refractivity contribution is 6.80. The van der Waals surface area contributed by atoms with Crippen LogP contribution in [0.1, 0.15) is 12.8 Å². The second-order valence-electron chi connectivity index (χ2n) is 5.54. The molecule has 0 heterocycles. The van der Waals surface area contributed by atoms with Crippen molar-refractivity contribution in [1.29, 1.82) is 0 Å². The zero-order chi connectivity index (χ0) is 7.15. The zero-order valence-electron chi connectivity index (χ0n) is 7.15. The lowest BCUT2D eigenvalue weighted by Crippen LogP contribution is -2.32. The molecule has 10 heavy (non-hydrogen) atoms. The Morgan fingerprint density at radius 1 is 1.20 bits per heavy atom. The smallest absolute Gasteiger partial charge is 0.0513 e. The number of hydrogen-bond acceptors (Lipinski definition) is 0. The summed E-state index contributed by atoms with van der Waals surface area (Å²) in [6, 6.07) is 0. The van der Waals surface area contributed by atoms with Crippen molar-refractivity contribution in [3.63, 3.8) is 0 Å². The van der Waals surface area contributed by atoms with E-state index >= 15 is 0 Å². The summed E-state index contributed by atoms with van der Waals surface area (Å²) in [7, 11) is -0.745. The SMILES string of the molecule is C[Si](C)(C)C12CCC3C1C32. The van der Waals surface area contributed by atoms with Crippen LogP contribution in [0.3, 0.4) is 0 Å². The Hall–Kier alpha value is 0.217. The van der Waals surface area contributed by atoms with Crippen LogP contribution in [0, 0.1) is 17.8 Å². The molecule has 2 atom stereocenters. The Morgan fingerprint density at radius 3 is 2.00 bits per heavy atom. The first-order valence-electron chi connectivity index (χ1n) is 4.59. The third-order valence-electron chi connectivity index (χ3n) is 4.54. The molecule has 0 aliphatic heterocycles. The predicted octanol–water partition coefficient (Wildman–Crippen LogP) is 2.73. The Morgan fingerprint density at radius 2 is 1.80 bits per heavy atom. The van der Waals surface area contributed by atoms with E-state index in [-0.39, 0.29) is 0 Å². The van der Waals surface area contributed by atoms with Gasteiger partial charge < -0.3 is 0 Å². The highest BCUT2D eigenvalue weighted by Gasteiger charge is 2.89. The highest BCUT2D eigenvalue weighted by Crippen LogP contribution is 2.97. The van der Waals surface area contributed by atoms with E-state index in [2.05, 4.69) is 19.6 Å². The van der Waals surface area contributed by atoms with Crippen LogP contribution in [0.4, 0.5) is 0 Å². The molecule has 1 heteroatoms. The topological polar surface area (TPSA) is 0 Å². The van der Waals surface area contributed by atoms with Crippen molar-refractivity contribution < 1.29 is 0 Å². The Labute approximate surface area is 64.0 Å². The fraction of sp³-hybridized carbons (Fsp3) is 1.00. The van der Waals surface area contributed by atoms with Gasteiger partial charge >= 0.3 is 0 Å². The third kappa shape index (κ3) is 0.345. The molecular weight excluding hydrogens is 136 g/mol. The van der Waals surface area contributed by atoms with Crippen LogP contribution in [-0.2, 0) is 0 Å². The van der Waals surface area contributed by atoms with E-state index in [1.807, 2.05) is 0 Å². The molecule has 2 bridgehead atoms. The fourth-order valence-electron chi connectivity index (χ4n) is 3.99. The summed E-state index contributed by atoms with van der Waals surface area (Å²) in [4.78, 5) is 0. The standard InChI is InChI=1S/C9H16Si/c1-10(2,3)9-5-4-6-7(9)8(6)9/h6-8H,4-5H2,1-3H3. The summed E-state index contributed by atoms with van der Waals surface area (Å²) in [6.45, 7) is 7.71. The molecule has 0 aromatic rings. The average molecular weight is 152 g/mol. The zero-order valence-corrected chi connectivity index (χ0v) is 8.15. The van der Waals surface area contributed by atoms with Crippen LogP contribution >= 0.6 is 0 Å². The molecule has 0 aromatic heterocycles. The summed E-state index contributed by atoms with van der Waals surface area (Å²) in [6.07, 6.45) is 3.21. The summed E-state index contributed by atoms with van der Waals surface area (Å²) in [5, 5.41) is 0.998. The van der Waals surface area contributed by atoms with Gasteiger partial charge in [0.1, 0.15) is 0 Å². The van der Waals surface area contributed by atoms with Crippen molar-refractivity contribution in [3.8, 4) is 0 Å². The second kappa shape index (κ2) is 1.15. The monoisotopic (exact) mass is 152 g/mol. The van der Waals surface area contributed by atoms with E-state index in [1.54, 1.807) is 12.8 Å². The first-order valence-corrected chi connectivity index (χ1v) is 8.09. The lowest BCUT2D eigenvalue weighted by molar-refractivity contribution is 0.644. The van der Waals surface area contributed by atoms with Crippen molar-refractivity contribution >= 4 is 8.07 Å². The van der Waals surface area contributed by atoms with Crippen molar-refractivity contribution in [1.82, 2.24) is 0 Å². The van der Waals surface area contributed by atoms with Gasteiger partial charge in [-0.15, -0.1) is 0 Å². The molecule has 4 saturated carbocycles. The molecular formula is C9H16Si. The number of fused-ring (bicyclic) bond motifs is 1. The molecule has 2 unspecified atom stereocenters. The first kappa shape index (κ1) is 5.82. The van der Waals surface area contributed by atoms with E-state index in [0.29, 0.717) is 0 Å². The molecule has 4 aliphatic carbocycles. The fourth-order valence-corrected chi connectivity index (χ4v) is 7.59. The van der Waals surface area contributed by atoms with Gasteiger partial charge in [0.15, 0.2) is 0 Å². The van der Waals surface area contributed by atoms with Crippen LogP contribution in [-0.4, -0.2) is 8.07 Å². The third-order valence-corrected chi connectivity index (χ3v) is 8.25. The molecule has 0 radical (unpaired) electrons. The van der Waals surface area contributed by atoms with Crippen molar-refractivity contribution in [2.24, 2.45) is 17.8 Å². The van der Waals surface area contributed by atoms with Crippen molar-refractivity contribution in [2.75, 3.05) is 0 Å². The van der Waals surface area contributed by atoms with E-state index in [4.69, 9.17) is 0 Å². The van der Waals surface area contributed by atoms with E-state index in [1.165, 1.54) is 17.8 Å². The van der Waals surface area contributed by atoms with Gasteiger partial charge in [-0.05, 0) is 35.6 Å². The lowest BCUT2D eigenvalue weighted by atomic mass is 10.2. The predicted molar refractivity (Wildman–Crippen MR) is 45.7 cm³/mol. The van der Waals surface area contributed by atoms with Gasteiger partial charge in [-0.1, -0.05) is 19.6 Å². The molecule has 56 valence electrons. The molecule has 4 rings (SSSR count). The molecule has 0 nitrogen and oxygen atoms in total. The molecule has 0 N–H and O–H groups in total. The minimum Gasteiger partial charge on any atom is -0.0691 e. The lowest BCUT2D eigenvalue weighted by Gasteiger charge is -2.30. The largest absolute Gasteiger partial charge is 0.0691 e. The maximum absolute atomic E-state index is 2.57. The normalized spacial score (nSPS) is 62.1. The van der Waals surface area contributed by atoms with Crippen LogP contribution in [0.5, 0.6) is 0 Å². The second-order valence-corrected chi connectivity index (χ2v) is 11.0. The molecule has 4 aliphatic rings. The molecule has 0 amide bonds. The minimum atomic E-state index is -0.745. The Balaban J connectivity index is 1.97. The molecule has 4 fully saturated rings.